The number of carbonyl (C=O) groups excluding carboxylic acids is 2. The SMILES string of the molecule is CC(=O)CC1(O)C(=O)N(CCOc2ccc(C(C)(C)C)cc2)c2c(C)cc(C)cc21. The number of carbonyl (C=O) groups is 2. The molecular formula is C25H31NO4. The molecule has 0 fully saturated rings. The van der Waals surface area contributed by atoms with Crippen molar-refractivity contribution in [2.75, 3.05) is 18.1 Å². The lowest BCUT2D eigenvalue weighted by Gasteiger charge is -2.22. The quantitative estimate of drug-likeness (QED) is 0.777. The van der Waals surface area contributed by atoms with Gasteiger partial charge in [-0.15, -0.1) is 0 Å². The normalized spacial score (nSPS) is 18.5. The summed E-state index contributed by atoms with van der Waals surface area (Å²) in [4.78, 5) is 26.5. The van der Waals surface area contributed by atoms with Gasteiger partial charge in [0.25, 0.3) is 5.91 Å². The third kappa shape index (κ3) is 4.12. The van der Waals surface area contributed by atoms with Crippen molar-refractivity contribution in [1.29, 1.82) is 0 Å². The lowest BCUT2D eigenvalue weighted by Crippen LogP contribution is -2.43. The van der Waals surface area contributed by atoms with Crippen LogP contribution >= 0.6 is 0 Å². The molecule has 0 aliphatic carbocycles. The molecule has 2 aromatic rings. The van der Waals surface area contributed by atoms with Gasteiger partial charge in [-0.1, -0.05) is 50.6 Å². The molecule has 1 aliphatic rings. The molecule has 0 saturated heterocycles. The number of Topliss-reactive ketones (excluding diaryl/α,β-unsaturated/α-hetero) is 1. The number of fused-ring (bicyclic) bond motifs is 1. The number of anilines is 1. The fraction of sp³-hybridized carbons (Fsp3) is 0.440. The van der Waals surface area contributed by atoms with Gasteiger partial charge in [-0.2, -0.15) is 0 Å². The van der Waals surface area contributed by atoms with Crippen LogP contribution in [-0.4, -0.2) is 29.9 Å². The maximum atomic E-state index is 13.1. The first-order valence-electron chi connectivity index (χ1n) is 10.3. The molecule has 5 heteroatoms. The Bertz CT molecular complexity index is 972. The van der Waals surface area contributed by atoms with Gasteiger partial charge in [0.2, 0.25) is 0 Å². The Balaban J connectivity index is 1.80. The van der Waals surface area contributed by atoms with Gasteiger partial charge in [-0.3, -0.25) is 9.59 Å². The molecule has 0 spiro atoms. The van der Waals surface area contributed by atoms with E-state index in [1.54, 1.807) is 11.0 Å². The fourth-order valence-corrected chi connectivity index (χ4v) is 4.12. The summed E-state index contributed by atoms with van der Waals surface area (Å²) in [6.07, 6.45) is -0.229. The molecule has 0 radical (unpaired) electrons. The zero-order valence-electron chi connectivity index (χ0n) is 18.7. The maximum Gasteiger partial charge on any atom is 0.264 e. The van der Waals surface area contributed by atoms with Crippen molar-refractivity contribution in [3.8, 4) is 5.75 Å². The fourth-order valence-electron chi connectivity index (χ4n) is 4.12. The Labute approximate surface area is 178 Å². The van der Waals surface area contributed by atoms with E-state index in [1.165, 1.54) is 12.5 Å². The lowest BCUT2D eigenvalue weighted by molar-refractivity contribution is -0.141. The number of ether oxygens (including phenoxy) is 1. The molecule has 1 amide bonds. The van der Waals surface area contributed by atoms with Crippen LogP contribution in [0.3, 0.4) is 0 Å². The number of hydrogen-bond donors (Lipinski definition) is 1. The number of benzene rings is 2. The summed E-state index contributed by atoms with van der Waals surface area (Å²) >= 11 is 0. The van der Waals surface area contributed by atoms with E-state index in [2.05, 4.69) is 20.8 Å². The highest BCUT2D eigenvalue weighted by Crippen LogP contribution is 2.44. The van der Waals surface area contributed by atoms with Crippen LogP contribution in [0.5, 0.6) is 5.75 Å². The molecule has 0 aromatic heterocycles. The molecule has 0 saturated carbocycles. The highest BCUT2D eigenvalue weighted by molar-refractivity contribution is 6.09. The van der Waals surface area contributed by atoms with Crippen LogP contribution in [0.4, 0.5) is 5.69 Å². The van der Waals surface area contributed by atoms with Crippen molar-refractivity contribution in [3.63, 3.8) is 0 Å². The second kappa shape index (κ2) is 7.88. The molecule has 160 valence electrons. The summed E-state index contributed by atoms with van der Waals surface area (Å²) in [7, 11) is 0. The molecular weight excluding hydrogens is 378 g/mol. The summed E-state index contributed by atoms with van der Waals surface area (Å²) in [6, 6.07) is 11.7. The summed E-state index contributed by atoms with van der Waals surface area (Å²) < 4.78 is 5.87. The highest BCUT2D eigenvalue weighted by Gasteiger charge is 2.50. The average molecular weight is 410 g/mol. The number of rotatable bonds is 6. The minimum Gasteiger partial charge on any atom is -0.492 e. The smallest absolute Gasteiger partial charge is 0.264 e. The molecule has 1 heterocycles. The summed E-state index contributed by atoms with van der Waals surface area (Å²) in [5, 5.41) is 11.2. The molecule has 1 N–H and O–H groups in total. The van der Waals surface area contributed by atoms with Gasteiger partial charge in [-0.05, 0) is 49.4 Å². The largest absolute Gasteiger partial charge is 0.492 e. The number of hydrogen-bond acceptors (Lipinski definition) is 4. The summed E-state index contributed by atoms with van der Waals surface area (Å²) in [6.45, 7) is 12.3. The molecule has 3 rings (SSSR count). The Morgan fingerprint density at radius 1 is 1.13 bits per heavy atom. The minimum atomic E-state index is -1.81. The standard InChI is InChI=1S/C25H31NO4/c1-16-13-17(2)22-21(14-16)25(29,15-18(3)27)23(28)26(22)11-12-30-20-9-7-19(8-10-20)24(4,5)6/h7-10,13-14,29H,11-12,15H2,1-6H3. The van der Waals surface area contributed by atoms with E-state index in [4.69, 9.17) is 4.74 Å². The first-order valence-corrected chi connectivity index (χ1v) is 10.3. The van der Waals surface area contributed by atoms with Gasteiger partial charge in [0.1, 0.15) is 18.1 Å². The van der Waals surface area contributed by atoms with E-state index in [0.717, 1.165) is 16.9 Å². The predicted octanol–water partition coefficient (Wildman–Crippen LogP) is 4.19. The number of aliphatic hydroxyl groups is 1. The Morgan fingerprint density at radius 2 is 1.77 bits per heavy atom. The predicted molar refractivity (Wildman–Crippen MR) is 118 cm³/mol. The minimum absolute atomic E-state index is 0.0705. The number of amides is 1. The van der Waals surface area contributed by atoms with E-state index in [0.29, 0.717) is 11.3 Å². The molecule has 1 aliphatic heterocycles. The number of aryl methyl sites for hydroxylation is 2. The van der Waals surface area contributed by atoms with E-state index >= 15 is 0 Å². The lowest BCUT2D eigenvalue weighted by atomic mass is 9.87. The Hall–Kier alpha value is -2.66. The van der Waals surface area contributed by atoms with Gasteiger partial charge in [-0.25, -0.2) is 0 Å². The zero-order valence-corrected chi connectivity index (χ0v) is 18.7. The molecule has 2 aromatic carbocycles. The van der Waals surface area contributed by atoms with Crippen LogP contribution in [0.2, 0.25) is 0 Å². The topological polar surface area (TPSA) is 66.8 Å². The van der Waals surface area contributed by atoms with Gasteiger partial charge in [0.15, 0.2) is 5.60 Å². The van der Waals surface area contributed by atoms with Crippen molar-refractivity contribution < 1.29 is 19.4 Å². The maximum absolute atomic E-state index is 13.1. The highest BCUT2D eigenvalue weighted by atomic mass is 16.5. The number of nitrogens with zero attached hydrogens (tertiary/aromatic N) is 1. The Kier molecular flexibility index (Phi) is 5.79. The third-order valence-corrected chi connectivity index (χ3v) is 5.57. The zero-order chi connectivity index (χ0) is 22.3. The molecule has 1 atom stereocenters. The first kappa shape index (κ1) is 22.0. The van der Waals surface area contributed by atoms with Gasteiger partial charge < -0.3 is 14.7 Å². The second-order valence-electron chi connectivity index (χ2n) is 9.30. The first-order chi connectivity index (χ1) is 13.9. The van der Waals surface area contributed by atoms with Gasteiger partial charge in [0, 0.05) is 12.0 Å². The van der Waals surface area contributed by atoms with Gasteiger partial charge >= 0.3 is 0 Å². The van der Waals surface area contributed by atoms with E-state index < -0.39 is 11.5 Å². The second-order valence-corrected chi connectivity index (χ2v) is 9.30. The van der Waals surface area contributed by atoms with E-state index in [-0.39, 0.29) is 30.8 Å². The van der Waals surface area contributed by atoms with Crippen molar-refractivity contribution >= 4 is 17.4 Å². The monoisotopic (exact) mass is 409 g/mol. The van der Waals surface area contributed by atoms with Crippen molar-refractivity contribution in [2.24, 2.45) is 0 Å². The van der Waals surface area contributed by atoms with Crippen LogP contribution in [0.15, 0.2) is 36.4 Å². The summed E-state index contributed by atoms with van der Waals surface area (Å²) in [5.74, 6) is 0.0376. The van der Waals surface area contributed by atoms with Crippen molar-refractivity contribution in [2.45, 2.75) is 59.0 Å². The Morgan fingerprint density at radius 3 is 2.33 bits per heavy atom. The molecule has 30 heavy (non-hydrogen) atoms. The van der Waals surface area contributed by atoms with Crippen LogP contribution in [-0.2, 0) is 20.6 Å². The van der Waals surface area contributed by atoms with Crippen LogP contribution in [0.25, 0.3) is 0 Å². The van der Waals surface area contributed by atoms with Crippen LogP contribution in [0, 0.1) is 13.8 Å². The van der Waals surface area contributed by atoms with Crippen molar-refractivity contribution in [1.82, 2.24) is 0 Å². The van der Waals surface area contributed by atoms with Crippen molar-refractivity contribution in [3.05, 3.63) is 58.7 Å². The van der Waals surface area contributed by atoms with E-state index in [9.17, 15) is 14.7 Å². The number of ketones is 1. The summed E-state index contributed by atoms with van der Waals surface area (Å²) in [5.41, 5.74) is 2.51. The van der Waals surface area contributed by atoms with Gasteiger partial charge in [0.05, 0.1) is 12.2 Å². The van der Waals surface area contributed by atoms with E-state index in [1.807, 2.05) is 44.2 Å². The molecule has 0 bridgehead atoms. The third-order valence-electron chi connectivity index (χ3n) is 5.57. The molecule has 5 nitrogen and oxygen atoms in total. The average Bonchev–Trinajstić information content (AvgIpc) is 2.83. The molecule has 1 unspecified atom stereocenters. The van der Waals surface area contributed by atoms with Crippen LogP contribution < -0.4 is 9.64 Å². The van der Waals surface area contributed by atoms with Crippen LogP contribution in [0.1, 0.15) is 56.4 Å².